The molecule has 0 bridgehead atoms. The van der Waals surface area contributed by atoms with Gasteiger partial charge in [0, 0.05) is 6.54 Å². The van der Waals surface area contributed by atoms with E-state index in [1.807, 2.05) is 11.7 Å². The van der Waals surface area contributed by atoms with Gasteiger partial charge in [0.15, 0.2) is 5.82 Å². The van der Waals surface area contributed by atoms with Gasteiger partial charge in [-0.3, -0.25) is 0 Å². The van der Waals surface area contributed by atoms with E-state index in [2.05, 4.69) is 34.7 Å². The molecule has 2 rings (SSSR count). The lowest BCUT2D eigenvalue weighted by atomic mass is 9.80. The van der Waals surface area contributed by atoms with Crippen molar-refractivity contribution >= 4 is 0 Å². The number of rotatable bonds is 4. The molecule has 5 heteroatoms. The third kappa shape index (κ3) is 2.83. The van der Waals surface area contributed by atoms with Crippen molar-refractivity contribution in [2.75, 3.05) is 7.05 Å². The van der Waals surface area contributed by atoms with Gasteiger partial charge in [-0.2, -0.15) is 0 Å². The molecule has 1 aromatic rings. The summed E-state index contributed by atoms with van der Waals surface area (Å²) in [6, 6.07) is 0.212. The largest absolute Gasteiger partial charge is 0.311 e. The fourth-order valence-electron chi connectivity index (χ4n) is 2.67. The van der Waals surface area contributed by atoms with Gasteiger partial charge in [-0.1, -0.05) is 26.2 Å². The molecule has 0 spiro atoms. The first-order chi connectivity index (χ1) is 8.22. The summed E-state index contributed by atoms with van der Waals surface area (Å²) in [6.07, 6.45) is 5.40. The van der Waals surface area contributed by atoms with Crippen molar-refractivity contribution in [2.24, 2.45) is 11.8 Å². The number of nitrogens with zero attached hydrogens (tertiary/aromatic N) is 4. The molecule has 0 aromatic carbocycles. The molecule has 0 aliphatic heterocycles. The lowest BCUT2D eigenvalue weighted by molar-refractivity contribution is 0.217. The van der Waals surface area contributed by atoms with Crippen LogP contribution in [-0.4, -0.2) is 27.3 Å². The molecule has 1 N–H and O–H groups in total. The lowest BCUT2D eigenvalue weighted by Gasteiger charge is -2.28. The maximum absolute atomic E-state index is 4.13. The summed E-state index contributed by atoms with van der Waals surface area (Å²) in [5, 5.41) is 15.2. The Balaban J connectivity index is 2.05. The molecule has 1 fully saturated rings. The van der Waals surface area contributed by atoms with E-state index >= 15 is 0 Å². The third-order valence-corrected chi connectivity index (χ3v) is 4.08. The minimum absolute atomic E-state index is 0.212. The van der Waals surface area contributed by atoms with E-state index in [1.54, 1.807) is 0 Å². The Bertz CT molecular complexity index is 348. The van der Waals surface area contributed by atoms with E-state index in [0.717, 1.165) is 24.2 Å². The van der Waals surface area contributed by atoms with Gasteiger partial charge in [-0.25, -0.2) is 4.68 Å². The van der Waals surface area contributed by atoms with E-state index in [0.29, 0.717) is 0 Å². The van der Waals surface area contributed by atoms with Gasteiger partial charge >= 0.3 is 0 Å². The molecular formula is C12H23N5. The predicted molar refractivity (Wildman–Crippen MR) is 66.4 cm³/mol. The second kappa shape index (κ2) is 5.58. The third-order valence-electron chi connectivity index (χ3n) is 4.08. The van der Waals surface area contributed by atoms with Crippen LogP contribution in [0.4, 0.5) is 0 Å². The normalized spacial score (nSPS) is 27.0. The molecule has 96 valence electrons. The molecule has 0 saturated heterocycles. The number of nitrogens with one attached hydrogen (secondary N) is 1. The van der Waals surface area contributed by atoms with Crippen LogP contribution in [-0.2, 0) is 6.54 Å². The fraction of sp³-hybridized carbons (Fsp3) is 0.917. The van der Waals surface area contributed by atoms with Crippen LogP contribution in [0.3, 0.4) is 0 Å². The highest BCUT2D eigenvalue weighted by molar-refractivity contribution is 4.89. The van der Waals surface area contributed by atoms with E-state index in [9.17, 15) is 0 Å². The van der Waals surface area contributed by atoms with Gasteiger partial charge in [0.25, 0.3) is 0 Å². The average Bonchev–Trinajstić information content (AvgIpc) is 2.79. The average molecular weight is 237 g/mol. The quantitative estimate of drug-likeness (QED) is 0.867. The van der Waals surface area contributed by atoms with Crippen LogP contribution in [0.2, 0.25) is 0 Å². The number of hydrogen-bond acceptors (Lipinski definition) is 4. The fourth-order valence-corrected chi connectivity index (χ4v) is 2.67. The Morgan fingerprint density at radius 2 is 2.18 bits per heavy atom. The summed E-state index contributed by atoms with van der Waals surface area (Å²) in [5.74, 6) is 2.48. The smallest absolute Gasteiger partial charge is 0.167 e. The Morgan fingerprint density at radius 1 is 1.41 bits per heavy atom. The molecule has 1 saturated carbocycles. The van der Waals surface area contributed by atoms with Crippen molar-refractivity contribution in [3.63, 3.8) is 0 Å². The van der Waals surface area contributed by atoms with Crippen LogP contribution in [0.5, 0.6) is 0 Å². The van der Waals surface area contributed by atoms with Crippen LogP contribution < -0.4 is 5.32 Å². The Kier molecular flexibility index (Phi) is 4.10. The molecule has 0 amide bonds. The van der Waals surface area contributed by atoms with Crippen LogP contribution in [0.1, 0.15) is 51.4 Å². The zero-order valence-corrected chi connectivity index (χ0v) is 11.1. The highest BCUT2D eigenvalue weighted by Crippen LogP contribution is 2.30. The van der Waals surface area contributed by atoms with Gasteiger partial charge in [-0.05, 0) is 42.7 Å². The Hall–Kier alpha value is -0.970. The second-order valence-electron chi connectivity index (χ2n) is 5.25. The van der Waals surface area contributed by atoms with Crippen molar-refractivity contribution in [1.29, 1.82) is 0 Å². The van der Waals surface area contributed by atoms with Gasteiger partial charge in [0.05, 0.1) is 6.04 Å². The van der Waals surface area contributed by atoms with Crippen molar-refractivity contribution in [3.8, 4) is 0 Å². The second-order valence-corrected chi connectivity index (χ2v) is 5.25. The molecule has 3 atom stereocenters. The molecule has 1 aliphatic rings. The maximum atomic E-state index is 4.13. The van der Waals surface area contributed by atoms with Gasteiger partial charge in [-0.15, -0.1) is 5.10 Å². The summed E-state index contributed by atoms with van der Waals surface area (Å²) in [7, 11) is 1.94. The molecule has 5 nitrogen and oxygen atoms in total. The standard InChI is InChI=1S/C12H23N5/c1-9-6-4-5-7-11(9)8-17-12(10(2)13-3)14-15-16-17/h9-11,13H,4-8H2,1-3H3. The molecular weight excluding hydrogens is 214 g/mol. The Morgan fingerprint density at radius 3 is 2.88 bits per heavy atom. The first-order valence-corrected chi connectivity index (χ1v) is 6.65. The maximum Gasteiger partial charge on any atom is 0.167 e. The van der Waals surface area contributed by atoms with E-state index < -0.39 is 0 Å². The summed E-state index contributed by atoms with van der Waals surface area (Å²) >= 11 is 0. The van der Waals surface area contributed by atoms with E-state index in [1.165, 1.54) is 25.7 Å². The van der Waals surface area contributed by atoms with E-state index in [-0.39, 0.29) is 6.04 Å². The summed E-state index contributed by atoms with van der Waals surface area (Å²) < 4.78 is 1.98. The van der Waals surface area contributed by atoms with Crippen molar-refractivity contribution in [3.05, 3.63) is 5.82 Å². The molecule has 0 radical (unpaired) electrons. The topological polar surface area (TPSA) is 55.6 Å². The van der Waals surface area contributed by atoms with Crippen molar-refractivity contribution in [2.45, 2.75) is 52.1 Å². The highest BCUT2D eigenvalue weighted by Gasteiger charge is 2.24. The molecule has 3 unspecified atom stereocenters. The Labute approximate surface area is 103 Å². The van der Waals surface area contributed by atoms with Crippen LogP contribution in [0, 0.1) is 11.8 Å². The zero-order chi connectivity index (χ0) is 12.3. The van der Waals surface area contributed by atoms with Crippen LogP contribution in [0.25, 0.3) is 0 Å². The van der Waals surface area contributed by atoms with Crippen LogP contribution in [0.15, 0.2) is 0 Å². The first-order valence-electron chi connectivity index (χ1n) is 6.65. The van der Waals surface area contributed by atoms with Gasteiger partial charge in [0.1, 0.15) is 0 Å². The highest BCUT2D eigenvalue weighted by atomic mass is 15.5. The summed E-state index contributed by atoms with van der Waals surface area (Å²) in [4.78, 5) is 0. The van der Waals surface area contributed by atoms with Crippen LogP contribution >= 0.6 is 0 Å². The number of tetrazole rings is 1. The SMILES string of the molecule is CNC(C)c1nnnn1CC1CCCCC1C. The summed E-state index contributed by atoms with van der Waals surface area (Å²) in [6.45, 7) is 5.41. The van der Waals surface area contributed by atoms with Crippen molar-refractivity contribution < 1.29 is 0 Å². The molecule has 1 aliphatic carbocycles. The van der Waals surface area contributed by atoms with Gasteiger partial charge in [0.2, 0.25) is 0 Å². The molecule has 17 heavy (non-hydrogen) atoms. The number of hydrogen-bond donors (Lipinski definition) is 1. The minimum atomic E-state index is 0.212. The van der Waals surface area contributed by atoms with Gasteiger partial charge < -0.3 is 5.32 Å². The monoisotopic (exact) mass is 237 g/mol. The molecule has 1 aromatic heterocycles. The lowest BCUT2D eigenvalue weighted by Crippen LogP contribution is -2.26. The van der Waals surface area contributed by atoms with Crippen molar-refractivity contribution in [1.82, 2.24) is 25.5 Å². The zero-order valence-electron chi connectivity index (χ0n) is 11.1. The minimum Gasteiger partial charge on any atom is -0.311 e. The van der Waals surface area contributed by atoms with E-state index in [4.69, 9.17) is 0 Å². The predicted octanol–water partition coefficient (Wildman–Crippen LogP) is 1.78. The molecule has 1 heterocycles. The number of aromatic nitrogens is 4. The summed E-state index contributed by atoms with van der Waals surface area (Å²) in [5.41, 5.74) is 0. The first kappa shape index (κ1) is 12.5.